The van der Waals surface area contributed by atoms with Crippen LogP contribution in [-0.4, -0.2) is 28.5 Å². The van der Waals surface area contributed by atoms with Crippen molar-refractivity contribution in [2.75, 3.05) is 18.0 Å². The van der Waals surface area contributed by atoms with Crippen molar-refractivity contribution in [3.63, 3.8) is 0 Å². The van der Waals surface area contributed by atoms with E-state index in [0.29, 0.717) is 19.0 Å². The molecule has 1 amide bonds. The minimum Gasteiger partial charge on any atom is -0.352 e. The number of carbonyl (C=O) groups is 1. The summed E-state index contributed by atoms with van der Waals surface area (Å²) in [6, 6.07) is 14.7. The number of hydrogen-bond acceptors (Lipinski definition) is 3. The van der Waals surface area contributed by atoms with Gasteiger partial charge in [-0.2, -0.15) is 0 Å². The summed E-state index contributed by atoms with van der Waals surface area (Å²) in [6.45, 7) is 3.04. The fourth-order valence-corrected chi connectivity index (χ4v) is 5.42. The van der Waals surface area contributed by atoms with Crippen LogP contribution in [0, 0.1) is 17.7 Å². The van der Waals surface area contributed by atoms with Crippen molar-refractivity contribution in [1.29, 1.82) is 0 Å². The predicted molar refractivity (Wildman–Crippen MR) is 129 cm³/mol. The molecule has 2 aliphatic rings. The van der Waals surface area contributed by atoms with Gasteiger partial charge in [0.05, 0.1) is 17.0 Å². The van der Waals surface area contributed by atoms with Gasteiger partial charge in [0.15, 0.2) is 0 Å². The molecule has 6 heteroatoms. The monoisotopic (exact) mass is 448 g/mol. The first-order valence-electron chi connectivity index (χ1n) is 12.4. The number of para-hydroxylation sites is 2. The molecule has 0 bridgehead atoms. The fraction of sp³-hybridized carbons (Fsp3) is 0.481. The van der Waals surface area contributed by atoms with Crippen LogP contribution >= 0.6 is 0 Å². The van der Waals surface area contributed by atoms with Gasteiger partial charge >= 0.3 is 0 Å². The van der Waals surface area contributed by atoms with Gasteiger partial charge in [0.2, 0.25) is 11.9 Å². The van der Waals surface area contributed by atoms with E-state index in [1.54, 1.807) is 12.1 Å². The van der Waals surface area contributed by atoms with E-state index >= 15 is 0 Å². The molecule has 1 unspecified atom stereocenters. The van der Waals surface area contributed by atoms with Gasteiger partial charge in [0.1, 0.15) is 5.82 Å². The number of carbonyl (C=O) groups excluding carboxylic acids is 1. The Morgan fingerprint density at radius 1 is 1.00 bits per heavy atom. The molecule has 1 aliphatic heterocycles. The van der Waals surface area contributed by atoms with Gasteiger partial charge in [-0.3, -0.25) is 4.79 Å². The molecule has 2 fully saturated rings. The van der Waals surface area contributed by atoms with Crippen LogP contribution in [0.25, 0.3) is 11.0 Å². The van der Waals surface area contributed by atoms with Crippen LogP contribution in [0.1, 0.15) is 50.5 Å². The lowest BCUT2D eigenvalue weighted by Gasteiger charge is -2.34. The first-order chi connectivity index (χ1) is 16.2. The van der Waals surface area contributed by atoms with Crippen LogP contribution in [-0.2, 0) is 17.9 Å². The van der Waals surface area contributed by atoms with Crippen molar-refractivity contribution >= 4 is 22.9 Å². The third-order valence-electron chi connectivity index (χ3n) is 7.25. The highest BCUT2D eigenvalue weighted by atomic mass is 19.1. The molecule has 1 aromatic heterocycles. The predicted octanol–water partition coefficient (Wildman–Crippen LogP) is 5.29. The van der Waals surface area contributed by atoms with Gasteiger partial charge in [0, 0.05) is 26.2 Å². The summed E-state index contributed by atoms with van der Waals surface area (Å²) in [6.07, 6.45) is 8.45. The lowest BCUT2D eigenvalue weighted by atomic mass is 9.89. The van der Waals surface area contributed by atoms with Gasteiger partial charge in [-0.15, -0.1) is 0 Å². The van der Waals surface area contributed by atoms with Crippen molar-refractivity contribution in [3.8, 4) is 0 Å². The van der Waals surface area contributed by atoms with Crippen molar-refractivity contribution in [1.82, 2.24) is 14.9 Å². The Hall–Kier alpha value is -2.89. The number of amides is 1. The Morgan fingerprint density at radius 3 is 2.61 bits per heavy atom. The molecule has 2 heterocycles. The largest absolute Gasteiger partial charge is 0.352 e. The summed E-state index contributed by atoms with van der Waals surface area (Å²) in [5.41, 5.74) is 3.14. The smallest absolute Gasteiger partial charge is 0.225 e. The molecule has 2 aromatic carbocycles. The third-order valence-corrected chi connectivity index (χ3v) is 7.25. The molecule has 1 N–H and O–H groups in total. The second-order valence-corrected chi connectivity index (χ2v) is 9.64. The van der Waals surface area contributed by atoms with Crippen LogP contribution in [0.2, 0.25) is 0 Å². The highest BCUT2D eigenvalue weighted by Crippen LogP contribution is 2.31. The summed E-state index contributed by atoms with van der Waals surface area (Å²) >= 11 is 0. The molecule has 1 atom stereocenters. The van der Waals surface area contributed by atoms with Crippen LogP contribution in [0.5, 0.6) is 0 Å². The molecule has 1 aliphatic carbocycles. The zero-order valence-electron chi connectivity index (χ0n) is 19.2. The Kier molecular flexibility index (Phi) is 6.60. The van der Waals surface area contributed by atoms with E-state index in [1.165, 1.54) is 49.8 Å². The number of anilines is 1. The zero-order chi connectivity index (χ0) is 22.6. The van der Waals surface area contributed by atoms with E-state index in [2.05, 4.69) is 33.0 Å². The molecule has 0 spiro atoms. The number of piperidine rings is 1. The second-order valence-electron chi connectivity index (χ2n) is 9.64. The van der Waals surface area contributed by atoms with Gasteiger partial charge in [-0.05, 0) is 61.4 Å². The maximum atomic E-state index is 13.1. The maximum Gasteiger partial charge on any atom is 0.225 e. The summed E-state index contributed by atoms with van der Waals surface area (Å²) in [7, 11) is 0. The van der Waals surface area contributed by atoms with E-state index in [4.69, 9.17) is 4.98 Å². The first-order valence-corrected chi connectivity index (χ1v) is 12.4. The summed E-state index contributed by atoms with van der Waals surface area (Å²) in [5, 5.41) is 3.05. The lowest BCUT2D eigenvalue weighted by molar-refractivity contribution is -0.125. The standard InChI is InChI=1S/C27H33FN4O/c28-23-14-12-20(13-15-23)17-29-26(33)22-9-6-16-31(19-22)27-30-24-10-4-5-11-25(24)32(27)18-21-7-2-1-3-8-21/h4-5,10-15,21-22H,1-3,6-9,16-19H2,(H,29,33). The Balaban J connectivity index is 1.31. The molecule has 174 valence electrons. The van der Waals surface area contributed by atoms with Gasteiger partial charge in [-0.1, -0.05) is 43.5 Å². The molecule has 1 saturated heterocycles. The van der Waals surface area contributed by atoms with E-state index in [9.17, 15) is 9.18 Å². The number of imidazole rings is 1. The highest BCUT2D eigenvalue weighted by molar-refractivity contribution is 5.81. The number of aromatic nitrogens is 2. The number of hydrogen-bond donors (Lipinski definition) is 1. The first kappa shape index (κ1) is 21.9. The van der Waals surface area contributed by atoms with E-state index < -0.39 is 0 Å². The summed E-state index contributed by atoms with van der Waals surface area (Å²) in [5.74, 6) is 1.46. The van der Waals surface area contributed by atoms with Crippen LogP contribution < -0.4 is 10.2 Å². The number of nitrogens with zero attached hydrogens (tertiary/aromatic N) is 3. The fourth-order valence-electron chi connectivity index (χ4n) is 5.42. The molecule has 33 heavy (non-hydrogen) atoms. The number of rotatable bonds is 6. The van der Waals surface area contributed by atoms with Gasteiger partial charge < -0.3 is 14.8 Å². The SMILES string of the molecule is O=C(NCc1ccc(F)cc1)C1CCCN(c2nc3ccccc3n2CC2CCCCC2)C1. The Morgan fingerprint density at radius 2 is 1.79 bits per heavy atom. The molecule has 5 rings (SSSR count). The van der Waals surface area contributed by atoms with Gasteiger partial charge in [0.25, 0.3) is 0 Å². The quantitative estimate of drug-likeness (QED) is 0.558. The van der Waals surface area contributed by atoms with E-state index in [1.807, 2.05) is 6.07 Å². The van der Waals surface area contributed by atoms with Gasteiger partial charge in [-0.25, -0.2) is 9.37 Å². The average Bonchev–Trinajstić information content (AvgIpc) is 3.22. The minimum absolute atomic E-state index is 0.0675. The molecular formula is C27H33FN4O. The van der Waals surface area contributed by atoms with Crippen molar-refractivity contribution in [2.45, 2.75) is 58.0 Å². The molecule has 0 radical (unpaired) electrons. The van der Waals surface area contributed by atoms with E-state index in [0.717, 1.165) is 43.0 Å². The average molecular weight is 449 g/mol. The number of fused-ring (bicyclic) bond motifs is 1. The van der Waals surface area contributed by atoms with Crippen LogP contribution in [0.15, 0.2) is 48.5 Å². The number of halogens is 1. The van der Waals surface area contributed by atoms with E-state index in [-0.39, 0.29) is 17.6 Å². The Bertz CT molecular complexity index is 1090. The van der Waals surface area contributed by atoms with Crippen molar-refractivity contribution < 1.29 is 9.18 Å². The highest BCUT2D eigenvalue weighted by Gasteiger charge is 2.29. The lowest BCUT2D eigenvalue weighted by Crippen LogP contribution is -2.44. The van der Waals surface area contributed by atoms with Crippen LogP contribution in [0.3, 0.4) is 0 Å². The normalized spacial score (nSPS) is 19.7. The topological polar surface area (TPSA) is 50.2 Å². The number of benzene rings is 2. The van der Waals surface area contributed by atoms with Crippen molar-refractivity contribution in [2.24, 2.45) is 11.8 Å². The zero-order valence-corrected chi connectivity index (χ0v) is 19.2. The molecule has 5 nitrogen and oxygen atoms in total. The molecular weight excluding hydrogens is 415 g/mol. The van der Waals surface area contributed by atoms with Crippen molar-refractivity contribution in [3.05, 3.63) is 59.9 Å². The third kappa shape index (κ3) is 5.05. The molecule has 3 aromatic rings. The molecule has 1 saturated carbocycles. The second kappa shape index (κ2) is 9.94. The minimum atomic E-state index is -0.260. The summed E-state index contributed by atoms with van der Waals surface area (Å²) in [4.78, 5) is 20.3. The maximum absolute atomic E-state index is 13.1. The summed E-state index contributed by atoms with van der Waals surface area (Å²) < 4.78 is 15.5. The van der Waals surface area contributed by atoms with Crippen LogP contribution in [0.4, 0.5) is 10.3 Å². The number of nitrogens with one attached hydrogen (secondary N) is 1. The Labute approximate surface area is 195 Å².